The van der Waals surface area contributed by atoms with Crippen molar-refractivity contribution in [3.63, 3.8) is 0 Å². The van der Waals surface area contributed by atoms with Gasteiger partial charge in [0.2, 0.25) is 0 Å². The van der Waals surface area contributed by atoms with Gasteiger partial charge in [-0.2, -0.15) is 0 Å². The first kappa shape index (κ1) is 12.6. The fourth-order valence-electron chi connectivity index (χ4n) is 2.92. The minimum absolute atomic E-state index is 0.146. The lowest BCUT2D eigenvalue weighted by atomic mass is 9.89. The van der Waals surface area contributed by atoms with E-state index in [2.05, 4.69) is 42.5 Å². The molecule has 0 saturated carbocycles. The third-order valence-corrected chi connectivity index (χ3v) is 4.13. The van der Waals surface area contributed by atoms with Crippen LogP contribution in [0.15, 0.2) is 42.5 Å². The summed E-state index contributed by atoms with van der Waals surface area (Å²) in [6.45, 7) is 1.80. The highest BCUT2D eigenvalue weighted by Gasteiger charge is 2.18. The SMILES string of the molecule is NC(CC1CCOCC1)c1ccc2ccccc2c1. The third-order valence-electron chi connectivity index (χ3n) is 4.13. The molecule has 1 aliphatic rings. The minimum Gasteiger partial charge on any atom is -0.381 e. The first-order chi connectivity index (χ1) is 9.33. The Morgan fingerprint density at radius 1 is 1.05 bits per heavy atom. The van der Waals surface area contributed by atoms with E-state index in [0.29, 0.717) is 0 Å². The van der Waals surface area contributed by atoms with E-state index in [1.807, 2.05) is 0 Å². The Balaban J connectivity index is 1.75. The lowest BCUT2D eigenvalue weighted by Gasteiger charge is -2.25. The van der Waals surface area contributed by atoms with Crippen molar-refractivity contribution in [3.8, 4) is 0 Å². The zero-order chi connectivity index (χ0) is 13.1. The summed E-state index contributed by atoms with van der Waals surface area (Å²) in [5, 5.41) is 2.56. The Hall–Kier alpha value is -1.38. The van der Waals surface area contributed by atoms with Gasteiger partial charge in [0.05, 0.1) is 0 Å². The number of benzene rings is 2. The van der Waals surface area contributed by atoms with Crippen LogP contribution in [0.1, 0.15) is 30.9 Å². The van der Waals surface area contributed by atoms with Crippen LogP contribution >= 0.6 is 0 Å². The van der Waals surface area contributed by atoms with Crippen LogP contribution in [0.5, 0.6) is 0 Å². The molecule has 1 heterocycles. The molecule has 19 heavy (non-hydrogen) atoms. The fourth-order valence-corrected chi connectivity index (χ4v) is 2.92. The summed E-state index contributed by atoms with van der Waals surface area (Å²) >= 11 is 0. The van der Waals surface area contributed by atoms with Crippen molar-refractivity contribution < 1.29 is 4.74 Å². The van der Waals surface area contributed by atoms with Crippen molar-refractivity contribution in [2.75, 3.05) is 13.2 Å². The number of fused-ring (bicyclic) bond motifs is 1. The van der Waals surface area contributed by atoms with Crippen molar-refractivity contribution in [1.82, 2.24) is 0 Å². The quantitative estimate of drug-likeness (QED) is 0.908. The Kier molecular flexibility index (Phi) is 3.81. The zero-order valence-electron chi connectivity index (χ0n) is 11.2. The maximum atomic E-state index is 6.38. The second-order valence-electron chi connectivity index (χ2n) is 5.50. The second-order valence-corrected chi connectivity index (χ2v) is 5.50. The third kappa shape index (κ3) is 2.96. The lowest BCUT2D eigenvalue weighted by molar-refractivity contribution is 0.0618. The summed E-state index contributed by atoms with van der Waals surface area (Å²) in [5.41, 5.74) is 7.63. The van der Waals surface area contributed by atoms with Crippen LogP contribution < -0.4 is 5.73 Å². The highest BCUT2D eigenvalue weighted by atomic mass is 16.5. The van der Waals surface area contributed by atoms with Gasteiger partial charge in [0.15, 0.2) is 0 Å². The smallest absolute Gasteiger partial charge is 0.0468 e. The highest BCUT2D eigenvalue weighted by Crippen LogP contribution is 2.27. The molecule has 0 aromatic heterocycles. The standard InChI is InChI=1S/C17H21NO/c18-17(11-13-7-9-19-10-8-13)16-6-5-14-3-1-2-4-15(14)12-16/h1-6,12-13,17H,7-11,18H2. The molecule has 2 N–H and O–H groups in total. The monoisotopic (exact) mass is 255 g/mol. The molecule has 0 bridgehead atoms. The summed E-state index contributed by atoms with van der Waals surface area (Å²) in [4.78, 5) is 0. The summed E-state index contributed by atoms with van der Waals surface area (Å²) < 4.78 is 5.40. The van der Waals surface area contributed by atoms with Crippen LogP contribution in [0.4, 0.5) is 0 Å². The first-order valence-electron chi connectivity index (χ1n) is 7.15. The molecule has 0 spiro atoms. The predicted molar refractivity (Wildman–Crippen MR) is 79.0 cm³/mol. The molecule has 100 valence electrons. The van der Waals surface area contributed by atoms with Crippen LogP contribution in [-0.2, 0) is 4.74 Å². The normalized spacial score (nSPS) is 18.6. The van der Waals surface area contributed by atoms with E-state index in [0.717, 1.165) is 38.4 Å². The molecule has 0 aliphatic carbocycles. The van der Waals surface area contributed by atoms with Gasteiger partial charge < -0.3 is 10.5 Å². The molecule has 2 aromatic rings. The van der Waals surface area contributed by atoms with Crippen LogP contribution in [0.2, 0.25) is 0 Å². The molecule has 2 nitrogen and oxygen atoms in total. The Bertz CT molecular complexity index is 546. The summed E-state index contributed by atoms with van der Waals surface area (Å²) in [6, 6.07) is 15.2. The van der Waals surface area contributed by atoms with Crippen molar-refractivity contribution >= 4 is 10.8 Å². The van der Waals surface area contributed by atoms with Gasteiger partial charge in [0.1, 0.15) is 0 Å². The minimum atomic E-state index is 0.146. The molecule has 3 rings (SSSR count). The largest absolute Gasteiger partial charge is 0.381 e. The molecule has 1 saturated heterocycles. The van der Waals surface area contributed by atoms with E-state index in [4.69, 9.17) is 10.5 Å². The molecule has 1 fully saturated rings. The second kappa shape index (κ2) is 5.72. The van der Waals surface area contributed by atoms with E-state index in [-0.39, 0.29) is 6.04 Å². The predicted octanol–water partition coefficient (Wildman–Crippen LogP) is 3.66. The van der Waals surface area contributed by atoms with Gasteiger partial charge in [0.25, 0.3) is 0 Å². The number of nitrogens with two attached hydrogens (primary N) is 1. The van der Waals surface area contributed by atoms with Crippen molar-refractivity contribution in [3.05, 3.63) is 48.0 Å². The molecule has 1 aliphatic heterocycles. The van der Waals surface area contributed by atoms with Crippen LogP contribution in [0, 0.1) is 5.92 Å². The van der Waals surface area contributed by atoms with Gasteiger partial charge in [-0.15, -0.1) is 0 Å². The topological polar surface area (TPSA) is 35.2 Å². The van der Waals surface area contributed by atoms with E-state index in [9.17, 15) is 0 Å². The molecular weight excluding hydrogens is 234 g/mol. The summed E-state index contributed by atoms with van der Waals surface area (Å²) in [7, 11) is 0. The van der Waals surface area contributed by atoms with Gasteiger partial charge in [-0.25, -0.2) is 0 Å². The van der Waals surface area contributed by atoms with E-state index < -0.39 is 0 Å². The van der Waals surface area contributed by atoms with Gasteiger partial charge in [-0.1, -0.05) is 36.4 Å². The van der Waals surface area contributed by atoms with Crippen molar-refractivity contribution in [2.45, 2.75) is 25.3 Å². The van der Waals surface area contributed by atoms with Crippen LogP contribution in [0.3, 0.4) is 0 Å². The summed E-state index contributed by atoms with van der Waals surface area (Å²) in [6.07, 6.45) is 3.38. The first-order valence-corrected chi connectivity index (χ1v) is 7.15. The molecule has 0 radical (unpaired) electrons. The summed E-state index contributed by atoms with van der Waals surface area (Å²) in [5.74, 6) is 0.718. The fraction of sp³-hybridized carbons (Fsp3) is 0.412. The molecule has 2 heteroatoms. The molecule has 2 aromatic carbocycles. The van der Waals surface area contributed by atoms with E-state index in [1.165, 1.54) is 16.3 Å². The zero-order valence-corrected chi connectivity index (χ0v) is 11.2. The van der Waals surface area contributed by atoms with Gasteiger partial charge in [-0.3, -0.25) is 0 Å². The maximum Gasteiger partial charge on any atom is 0.0468 e. The van der Waals surface area contributed by atoms with Gasteiger partial charge in [0, 0.05) is 19.3 Å². The molecular formula is C17H21NO. The van der Waals surface area contributed by atoms with Crippen LogP contribution in [-0.4, -0.2) is 13.2 Å². The molecule has 1 unspecified atom stereocenters. The average Bonchev–Trinajstić information content (AvgIpc) is 2.48. The number of hydrogen-bond donors (Lipinski definition) is 1. The highest BCUT2D eigenvalue weighted by molar-refractivity contribution is 5.83. The number of rotatable bonds is 3. The molecule has 1 atom stereocenters. The van der Waals surface area contributed by atoms with Crippen molar-refractivity contribution in [2.24, 2.45) is 11.7 Å². The Morgan fingerprint density at radius 2 is 1.79 bits per heavy atom. The van der Waals surface area contributed by atoms with Gasteiger partial charge in [-0.05, 0) is 47.6 Å². The van der Waals surface area contributed by atoms with Gasteiger partial charge >= 0.3 is 0 Å². The number of ether oxygens (including phenoxy) is 1. The van der Waals surface area contributed by atoms with E-state index >= 15 is 0 Å². The lowest BCUT2D eigenvalue weighted by Crippen LogP contribution is -2.21. The van der Waals surface area contributed by atoms with E-state index in [1.54, 1.807) is 0 Å². The van der Waals surface area contributed by atoms with Crippen molar-refractivity contribution in [1.29, 1.82) is 0 Å². The Labute approximate surface area is 114 Å². The van der Waals surface area contributed by atoms with Crippen LogP contribution in [0.25, 0.3) is 10.8 Å². The maximum absolute atomic E-state index is 6.38. The number of hydrogen-bond acceptors (Lipinski definition) is 2. The molecule has 0 amide bonds. The Morgan fingerprint density at radius 3 is 2.58 bits per heavy atom. The average molecular weight is 255 g/mol.